The third-order valence-corrected chi connectivity index (χ3v) is 5.77. The van der Waals surface area contributed by atoms with Gasteiger partial charge in [0, 0.05) is 44.5 Å². The van der Waals surface area contributed by atoms with Gasteiger partial charge in [-0.3, -0.25) is 14.3 Å². The summed E-state index contributed by atoms with van der Waals surface area (Å²) in [7, 11) is 1.56. The summed E-state index contributed by atoms with van der Waals surface area (Å²) in [6.07, 6.45) is 2.90. The first-order valence-electron chi connectivity index (χ1n) is 11.9. The zero-order chi connectivity index (χ0) is 24.5. The predicted molar refractivity (Wildman–Crippen MR) is 127 cm³/mol. The number of rotatable bonds is 7. The number of nitrogens with zero attached hydrogens (tertiary/aromatic N) is 2. The molecule has 1 aromatic carbocycles. The minimum Gasteiger partial charge on any atom is -0.462 e. The van der Waals surface area contributed by atoms with Crippen LogP contribution in [0.25, 0.3) is 0 Å². The molecule has 2 amide bonds. The van der Waals surface area contributed by atoms with Crippen molar-refractivity contribution in [2.75, 3.05) is 33.4 Å². The number of aryl methyl sites for hydroxylation is 1. The summed E-state index contributed by atoms with van der Waals surface area (Å²) in [5.74, 6) is -0.741. The zero-order valence-corrected chi connectivity index (χ0v) is 20.2. The molecular weight excluding hydrogens is 436 g/mol. The molecule has 2 aromatic rings. The molecule has 184 valence electrons. The fourth-order valence-corrected chi connectivity index (χ4v) is 3.96. The molecule has 0 saturated carbocycles. The Morgan fingerprint density at radius 3 is 2.62 bits per heavy atom. The molecule has 1 aliphatic heterocycles. The Morgan fingerprint density at radius 1 is 1.21 bits per heavy atom. The summed E-state index contributed by atoms with van der Waals surface area (Å²) < 4.78 is 12.9. The van der Waals surface area contributed by atoms with Crippen LogP contribution in [0.15, 0.2) is 24.3 Å². The summed E-state index contributed by atoms with van der Waals surface area (Å²) in [6, 6.07) is 6.35. The van der Waals surface area contributed by atoms with Crippen molar-refractivity contribution in [2.24, 2.45) is 5.92 Å². The van der Waals surface area contributed by atoms with Crippen molar-refractivity contribution in [3.8, 4) is 0 Å². The highest BCUT2D eigenvalue weighted by Gasteiger charge is 2.24. The topological polar surface area (TPSA) is 112 Å². The second kappa shape index (κ2) is 12.3. The maximum Gasteiger partial charge on any atom is 0.338 e. The number of carbonyl (C=O) groups is 3. The van der Waals surface area contributed by atoms with Crippen LogP contribution in [0.3, 0.4) is 0 Å². The molecule has 1 atom stereocenters. The summed E-state index contributed by atoms with van der Waals surface area (Å²) in [5, 5.41) is 10.2. The number of esters is 1. The SMILES string of the molecule is CCn1nc(C[C@@H](C)COC(=O)c2ccc(C(=O)NC)cc2)c2c1C(=O)NCCCOCCC2. The monoisotopic (exact) mass is 470 g/mol. The molecule has 0 saturated heterocycles. The van der Waals surface area contributed by atoms with Crippen LogP contribution in [0.4, 0.5) is 0 Å². The molecule has 1 aromatic heterocycles. The van der Waals surface area contributed by atoms with Gasteiger partial charge in [0.05, 0.1) is 17.9 Å². The van der Waals surface area contributed by atoms with Crippen molar-refractivity contribution in [3.63, 3.8) is 0 Å². The number of aromatic nitrogens is 2. The van der Waals surface area contributed by atoms with Crippen LogP contribution in [0.5, 0.6) is 0 Å². The first-order chi connectivity index (χ1) is 16.4. The van der Waals surface area contributed by atoms with Gasteiger partial charge in [-0.1, -0.05) is 6.92 Å². The number of amides is 2. The number of carbonyl (C=O) groups excluding carboxylic acids is 3. The number of nitrogens with one attached hydrogen (secondary N) is 2. The minimum absolute atomic E-state index is 0.0101. The van der Waals surface area contributed by atoms with Gasteiger partial charge in [0.2, 0.25) is 0 Å². The standard InChI is InChI=1S/C25H34N4O5/c1-4-29-22-20(7-5-13-33-14-6-12-27-24(22)31)21(28-29)15-17(2)16-34-25(32)19-10-8-18(9-11-19)23(30)26-3/h8-11,17H,4-7,12-16H2,1-3H3,(H,26,30)(H,27,31)/t17-/m1/s1. The average molecular weight is 471 g/mol. The van der Waals surface area contributed by atoms with Crippen LogP contribution in [-0.2, 0) is 28.9 Å². The van der Waals surface area contributed by atoms with E-state index in [0.29, 0.717) is 56.0 Å². The molecule has 0 unspecified atom stereocenters. The lowest BCUT2D eigenvalue weighted by molar-refractivity contribution is 0.0448. The van der Waals surface area contributed by atoms with Crippen LogP contribution in [0.1, 0.15) is 69.2 Å². The van der Waals surface area contributed by atoms with Crippen LogP contribution in [0.2, 0.25) is 0 Å². The van der Waals surface area contributed by atoms with Crippen molar-refractivity contribution in [1.29, 1.82) is 0 Å². The van der Waals surface area contributed by atoms with Crippen LogP contribution in [0, 0.1) is 5.92 Å². The average Bonchev–Trinajstić information content (AvgIpc) is 3.18. The third kappa shape index (κ3) is 6.44. The molecule has 1 aliphatic rings. The number of fused-ring (bicyclic) bond motifs is 1. The van der Waals surface area contributed by atoms with Crippen LogP contribution >= 0.6 is 0 Å². The molecule has 0 aliphatic carbocycles. The Labute approximate surface area is 200 Å². The fraction of sp³-hybridized carbons (Fsp3) is 0.520. The molecule has 2 heterocycles. The molecule has 3 rings (SSSR count). The van der Waals surface area contributed by atoms with E-state index >= 15 is 0 Å². The predicted octanol–water partition coefficient (Wildman–Crippen LogP) is 2.38. The molecule has 9 heteroatoms. The highest BCUT2D eigenvalue weighted by molar-refractivity contribution is 5.96. The van der Waals surface area contributed by atoms with Crippen molar-refractivity contribution in [2.45, 2.75) is 46.1 Å². The summed E-state index contributed by atoms with van der Waals surface area (Å²) >= 11 is 0. The number of ether oxygens (including phenoxy) is 2. The third-order valence-electron chi connectivity index (χ3n) is 5.77. The normalized spacial score (nSPS) is 15.4. The first kappa shape index (κ1) is 25.4. The molecule has 2 N–H and O–H groups in total. The molecule has 0 radical (unpaired) electrons. The number of hydrogen-bond acceptors (Lipinski definition) is 6. The maximum atomic E-state index is 12.9. The Kier molecular flexibility index (Phi) is 9.21. The van der Waals surface area contributed by atoms with Gasteiger partial charge in [0.1, 0.15) is 5.69 Å². The van der Waals surface area contributed by atoms with Gasteiger partial charge >= 0.3 is 5.97 Å². The van der Waals surface area contributed by atoms with Gasteiger partial charge in [-0.2, -0.15) is 5.10 Å². The summed E-state index contributed by atoms with van der Waals surface area (Å²) in [4.78, 5) is 37.0. The van der Waals surface area contributed by atoms with Gasteiger partial charge in [0.15, 0.2) is 0 Å². The van der Waals surface area contributed by atoms with E-state index in [9.17, 15) is 14.4 Å². The summed E-state index contributed by atoms with van der Waals surface area (Å²) in [5.41, 5.74) is 3.31. The van der Waals surface area contributed by atoms with E-state index in [4.69, 9.17) is 14.6 Å². The Balaban J connectivity index is 1.67. The first-order valence-corrected chi connectivity index (χ1v) is 11.9. The van der Waals surface area contributed by atoms with E-state index < -0.39 is 5.97 Å². The van der Waals surface area contributed by atoms with E-state index in [2.05, 4.69) is 10.6 Å². The smallest absolute Gasteiger partial charge is 0.338 e. The maximum absolute atomic E-state index is 12.9. The lowest BCUT2D eigenvalue weighted by atomic mass is 9.99. The van der Waals surface area contributed by atoms with Gasteiger partial charge in [-0.15, -0.1) is 0 Å². The van der Waals surface area contributed by atoms with Crippen molar-refractivity contribution < 1.29 is 23.9 Å². The van der Waals surface area contributed by atoms with Crippen LogP contribution < -0.4 is 10.6 Å². The van der Waals surface area contributed by atoms with Crippen molar-refractivity contribution in [3.05, 3.63) is 52.3 Å². The van der Waals surface area contributed by atoms with Gasteiger partial charge < -0.3 is 20.1 Å². The Morgan fingerprint density at radius 2 is 1.91 bits per heavy atom. The minimum atomic E-state index is -0.440. The Hall–Kier alpha value is -3.20. The fourth-order valence-electron chi connectivity index (χ4n) is 3.96. The Bertz CT molecular complexity index is 999. The van der Waals surface area contributed by atoms with Gasteiger partial charge in [-0.25, -0.2) is 4.79 Å². The van der Waals surface area contributed by atoms with E-state index in [1.165, 1.54) is 0 Å². The summed E-state index contributed by atoms with van der Waals surface area (Å²) in [6.45, 7) is 6.64. The number of hydrogen-bond donors (Lipinski definition) is 2. The van der Waals surface area contributed by atoms with E-state index in [1.54, 1.807) is 36.0 Å². The second-order valence-corrected chi connectivity index (χ2v) is 8.48. The quantitative estimate of drug-likeness (QED) is 0.601. The molecular formula is C25H34N4O5. The molecule has 0 bridgehead atoms. The lowest BCUT2D eigenvalue weighted by Crippen LogP contribution is -2.28. The van der Waals surface area contributed by atoms with Crippen molar-refractivity contribution in [1.82, 2.24) is 20.4 Å². The van der Waals surface area contributed by atoms with Gasteiger partial charge in [-0.05, 0) is 62.8 Å². The van der Waals surface area contributed by atoms with Gasteiger partial charge in [0.25, 0.3) is 11.8 Å². The molecule has 34 heavy (non-hydrogen) atoms. The largest absolute Gasteiger partial charge is 0.462 e. The van der Waals surface area contributed by atoms with E-state index in [0.717, 1.165) is 24.1 Å². The highest BCUT2D eigenvalue weighted by Crippen LogP contribution is 2.21. The van der Waals surface area contributed by atoms with Crippen LogP contribution in [-0.4, -0.2) is 61.0 Å². The molecule has 0 spiro atoms. The van der Waals surface area contributed by atoms with E-state index in [1.807, 2.05) is 13.8 Å². The highest BCUT2D eigenvalue weighted by atomic mass is 16.5. The second-order valence-electron chi connectivity index (χ2n) is 8.48. The van der Waals surface area contributed by atoms with Crippen molar-refractivity contribution >= 4 is 17.8 Å². The molecule has 9 nitrogen and oxygen atoms in total. The van der Waals surface area contributed by atoms with E-state index in [-0.39, 0.29) is 24.3 Å². The number of benzene rings is 1. The molecule has 0 fully saturated rings. The zero-order valence-electron chi connectivity index (χ0n) is 20.2. The lowest BCUT2D eigenvalue weighted by Gasteiger charge is -2.12.